The van der Waals surface area contributed by atoms with Gasteiger partial charge in [0.2, 0.25) is 5.91 Å². The molecule has 10 nitrogen and oxygen atoms in total. The normalized spacial score (nSPS) is 18.0. The summed E-state index contributed by atoms with van der Waals surface area (Å²) >= 11 is 0. The molecule has 2 aliphatic rings. The van der Waals surface area contributed by atoms with E-state index < -0.39 is 30.3 Å². The summed E-state index contributed by atoms with van der Waals surface area (Å²) in [6, 6.07) is 2.15. The molecule has 12 heteroatoms. The van der Waals surface area contributed by atoms with Gasteiger partial charge in [0.15, 0.2) is 11.9 Å². The number of imidazole rings is 1. The lowest BCUT2D eigenvalue weighted by Gasteiger charge is -2.18. The highest BCUT2D eigenvalue weighted by Crippen LogP contribution is 2.36. The van der Waals surface area contributed by atoms with E-state index in [1.165, 1.54) is 6.20 Å². The molecule has 4 amide bonds. The number of carbonyl (C=O) groups is 3. The van der Waals surface area contributed by atoms with Crippen LogP contribution >= 0.6 is 0 Å². The zero-order chi connectivity index (χ0) is 20.7. The van der Waals surface area contributed by atoms with E-state index >= 15 is 0 Å². The van der Waals surface area contributed by atoms with E-state index in [9.17, 15) is 23.2 Å². The molecule has 4 N–H and O–H groups in total. The summed E-state index contributed by atoms with van der Waals surface area (Å²) in [5, 5.41) is 4.74. The molecule has 0 aliphatic carbocycles. The van der Waals surface area contributed by atoms with E-state index in [4.69, 9.17) is 10.5 Å². The topological polar surface area (TPSA) is 132 Å². The number of rotatable bonds is 5. The Morgan fingerprint density at radius 1 is 1.41 bits per heavy atom. The fourth-order valence-electron chi connectivity index (χ4n) is 3.24. The third kappa shape index (κ3) is 3.32. The first-order chi connectivity index (χ1) is 13.8. The number of alkyl halides is 2. The second kappa shape index (κ2) is 7.04. The second-order valence-corrected chi connectivity index (χ2v) is 6.44. The van der Waals surface area contributed by atoms with Gasteiger partial charge in [-0.05, 0) is 12.1 Å². The van der Waals surface area contributed by atoms with Gasteiger partial charge in [-0.3, -0.25) is 19.8 Å². The SMILES string of the molecule is NC(=O)CNc1ccc2c(c1)OCCn1cc(N3C(=O)NC(=O)C3C(F)F)nc1-2. The molecule has 3 heterocycles. The Balaban J connectivity index is 1.70. The predicted octanol–water partition coefficient (Wildman–Crippen LogP) is 0.530. The third-order valence-corrected chi connectivity index (χ3v) is 4.52. The maximum atomic E-state index is 13.3. The van der Waals surface area contributed by atoms with Crippen LogP contribution in [0.15, 0.2) is 24.4 Å². The van der Waals surface area contributed by atoms with Crippen molar-refractivity contribution >= 4 is 29.4 Å². The van der Waals surface area contributed by atoms with Crippen molar-refractivity contribution < 1.29 is 27.9 Å². The highest BCUT2D eigenvalue weighted by atomic mass is 19.3. The van der Waals surface area contributed by atoms with E-state index in [1.54, 1.807) is 22.8 Å². The summed E-state index contributed by atoms with van der Waals surface area (Å²) in [4.78, 5) is 39.7. The Bertz CT molecular complexity index is 1010. The summed E-state index contributed by atoms with van der Waals surface area (Å²) in [6.07, 6.45) is -1.63. The molecule has 0 radical (unpaired) electrons. The van der Waals surface area contributed by atoms with E-state index in [0.717, 1.165) is 0 Å². The summed E-state index contributed by atoms with van der Waals surface area (Å²) < 4.78 is 34.0. The largest absolute Gasteiger partial charge is 0.491 e. The van der Waals surface area contributed by atoms with Crippen LogP contribution in [0.3, 0.4) is 0 Å². The molecule has 0 bridgehead atoms. The Kier molecular flexibility index (Phi) is 4.53. The molecule has 1 fully saturated rings. The van der Waals surface area contributed by atoms with Crippen molar-refractivity contribution in [3.63, 3.8) is 0 Å². The monoisotopic (exact) mass is 406 g/mol. The number of imide groups is 1. The molecule has 29 heavy (non-hydrogen) atoms. The minimum Gasteiger partial charge on any atom is -0.491 e. The van der Waals surface area contributed by atoms with Crippen LogP contribution in [0.1, 0.15) is 0 Å². The molecule has 1 aromatic carbocycles. The third-order valence-electron chi connectivity index (χ3n) is 4.52. The van der Waals surface area contributed by atoms with Crippen molar-refractivity contribution in [3.05, 3.63) is 24.4 Å². The van der Waals surface area contributed by atoms with Gasteiger partial charge in [-0.15, -0.1) is 0 Å². The minimum absolute atomic E-state index is 0.0509. The van der Waals surface area contributed by atoms with E-state index in [-0.39, 0.29) is 19.0 Å². The number of aromatic nitrogens is 2. The Morgan fingerprint density at radius 2 is 2.21 bits per heavy atom. The quantitative estimate of drug-likeness (QED) is 0.621. The number of hydrogen-bond donors (Lipinski definition) is 3. The number of nitrogens with two attached hydrogens (primary N) is 1. The lowest BCUT2D eigenvalue weighted by molar-refractivity contribution is -0.122. The van der Waals surface area contributed by atoms with E-state index in [2.05, 4.69) is 10.3 Å². The molecule has 2 aromatic rings. The molecule has 1 aromatic heterocycles. The zero-order valence-electron chi connectivity index (χ0n) is 14.9. The Labute approximate surface area is 162 Å². The van der Waals surface area contributed by atoms with Crippen molar-refractivity contribution in [3.8, 4) is 17.1 Å². The number of fused-ring (bicyclic) bond motifs is 3. The average Bonchev–Trinajstić information content (AvgIpc) is 3.15. The van der Waals surface area contributed by atoms with Gasteiger partial charge in [-0.2, -0.15) is 0 Å². The van der Waals surface area contributed by atoms with Crippen LogP contribution in [0, 0.1) is 0 Å². The molecule has 0 spiro atoms. The van der Waals surface area contributed by atoms with Crippen LogP contribution in [0.5, 0.6) is 5.75 Å². The highest BCUT2D eigenvalue weighted by molar-refractivity contribution is 6.14. The number of nitrogens with zero attached hydrogens (tertiary/aromatic N) is 3. The van der Waals surface area contributed by atoms with Gasteiger partial charge in [0.1, 0.15) is 18.2 Å². The van der Waals surface area contributed by atoms with Crippen LogP contribution in [0.25, 0.3) is 11.4 Å². The first-order valence-corrected chi connectivity index (χ1v) is 8.64. The smallest absolute Gasteiger partial charge is 0.330 e. The lowest BCUT2D eigenvalue weighted by atomic mass is 10.1. The van der Waals surface area contributed by atoms with Crippen molar-refractivity contribution in [2.24, 2.45) is 5.73 Å². The number of amides is 4. The standard InChI is InChI=1S/C17H16F2N6O4/c18-14(19)13-16(27)23-17(28)25(13)12-7-24-3-4-29-10-5-8(21-6-11(20)26)1-2-9(10)15(24)22-12/h1-2,5,7,13-14,21H,3-4,6H2,(H2,20,26)(H,23,27,28). The minimum atomic E-state index is -3.06. The lowest BCUT2D eigenvalue weighted by Crippen LogP contribution is -2.40. The van der Waals surface area contributed by atoms with Gasteiger partial charge in [-0.25, -0.2) is 18.6 Å². The number of ether oxygens (including phenoxy) is 1. The van der Waals surface area contributed by atoms with Crippen LogP contribution in [-0.4, -0.2) is 53.0 Å². The number of benzene rings is 1. The average molecular weight is 406 g/mol. The van der Waals surface area contributed by atoms with Crippen LogP contribution < -0.4 is 26.0 Å². The van der Waals surface area contributed by atoms with Gasteiger partial charge < -0.3 is 20.4 Å². The summed E-state index contributed by atoms with van der Waals surface area (Å²) in [5.74, 6) is -0.788. The summed E-state index contributed by atoms with van der Waals surface area (Å²) in [6.45, 7) is 0.562. The van der Waals surface area contributed by atoms with Crippen LogP contribution in [0.4, 0.5) is 25.1 Å². The second-order valence-electron chi connectivity index (χ2n) is 6.44. The molecular weight excluding hydrogens is 390 g/mol. The summed E-state index contributed by atoms with van der Waals surface area (Å²) in [7, 11) is 0. The maximum absolute atomic E-state index is 13.3. The number of hydrogen-bond acceptors (Lipinski definition) is 6. The number of anilines is 2. The first kappa shape index (κ1) is 18.7. The number of halogens is 2. The fourth-order valence-corrected chi connectivity index (χ4v) is 3.24. The molecule has 1 atom stereocenters. The Morgan fingerprint density at radius 3 is 2.93 bits per heavy atom. The van der Waals surface area contributed by atoms with E-state index in [1.807, 2.05) is 5.32 Å². The van der Waals surface area contributed by atoms with Gasteiger partial charge in [0, 0.05) is 18.0 Å². The molecule has 1 unspecified atom stereocenters. The Hall–Kier alpha value is -3.70. The molecule has 2 aliphatic heterocycles. The summed E-state index contributed by atoms with van der Waals surface area (Å²) in [5.41, 5.74) is 6.29. The predicted molar refractivity (Wildman–Crippen MR) is 96.7 cm³/mol. The molecular formula is C17H16F2N6O4. The molecule has 4 rings (SSSR count). The van der Waals surface area contributed by atoms with Crippen molar-refractivity contribution in [2.45, 2.75) is 19.0 Å². The molecule has 1 saturated heterocycles. The zero-order valence-corrected chi connectivity index (χ0v) is 14.9. The maximum Gasteiger partial charge on any atom is 0.330 e. The van der Waals surface area contributed by atoms with E-state index in [0.29, 0.717) is 34.3 Å². The van der Waals surface area contributed by atoms with Crippen molar-refractivity contribution in [2.75, 3.05) is 23.4 Å². The first-order valence-electron chi connectivity index (χ1n) is 8.64. The van der Waals surface area contributed by atoms with Crippen molar-refractivity contribution in [1.29, 1.82) is 0 Å². The molecule has 0 saturated carbocycles. The van der Waals surface area contributed by atoms with Gasteiger partial charge in [-0.1, -0.05) is 0 Å². The van der Waals surface area contributed by atoms with Crippen LogP contribution in [0.2, 0.25) is 0 Å². The number of carbonyl (C=O) groups excluding carboxylic acids is 3. The number of urea groups is 1. The van der Waals surface area contributed by atoms with Crippen molar-refractivity contribution in [1.82, 2.24) is 14.9 Å². The van der Waals surface area contributed by atoms with Crippen LogP contribution in [-0.2, 0) is 16.1 Å². The number of primary amides is 1. The number of nitrogens with one attached hydrogen (secondary N) is 2. The highest BCUT2D eigenvalue weighted by Gasteiger charge is 2.46. The van der Waals surface area contributed by atoms with Gasteiger partial charge >= 0.3 is 6.03 Å². The molecule has 152 valence electrons. The fraction of sp³-hybridized carbons (Fsp3) is 0.294. The van der Waals surface area contributed by atoms with Gasteiger partial charge in [0.05, 0.1) is 18.7 Å². The van der Waals surface area contributed by atoms with Gasteiger partial charge in [0.25, 0.3) is 12.3 Å².